The number of amides is 1. The van der Waals surface area contributed by atoms with Crippen molar-refractivity contribution in [2.45, 2.75) is 26.8 Å². The maximum Gasteiger partial charge on any atom is 0.326 e. The molecule has 1 amide bonds. The van der Waals surface area contributed by atoms with Gasteiger partial charge < -0.3 is 15.7 Å². The molecule has 0 unspecified atom stereocenters. The quantitative estimate of drug-likeness (QED) is 0.564. The molecule has 7 nitrogen and oxygen atoms in total. The van der Waals surface area contributed by atoms with Crippen molar-refractivity contribution >= 4 is 39.2 Å². The molecule has 0 fully saturated rings. The van der Waals surface area contributed by atoms with Gasteiger partial charge in [-0.3, -0.25) is 4.79 Å². The van der Waals surface area contributed by atoms with Crippen LogP contribution in [0.4, 0.5) is 5.82 Å². The van der Waals surface area contributed by atoms with Gasteiger partial charge in [-0.2, -0.15) is 0 Å². The van der Waals surface area contributed by atoms with Gasteiger partial charge in [-0.25, -0.2) is 14.8 Å². The van der Waals surface area contributed by atoms with Crippen LogP contribution in [0.5, 0.6) is 0 Å². The van der Waals surface area contributed by atoms with Crippen LogP contribution in [0.15, 0.2) is 36.4 Å². The normalized spacial score (nSPS) is 12.1. The van der Waals surface area contributed by atoms with Gasteiger partial charge in [0.05, 0.1) is 11.9 Å². The minimum absolute atomic E-state index is 0.0709. The fourth-order valence-electron chi connectivity index (χ4n) is 2.81. The SMILES string of the molecule is Cc1nc(NCC(=O)N[C@@H](C(=O)O)C(C)C)c2cc(-c3ccccc3)sc2n1. The van der Waals surface area contributed by atoms with E-state index in [-0.39, 0.29) is 12.5 Å². The predicted molar refractivity (Wildman–Crippen MR) is 110 cm³/mol. The highest BCUT2D eigenvalue weighted by Gasteiger charge is 2.23. The highest BCUT2D eigenvalue weighted by Crippen LogP contribution is 2.35. The lowest BCUT2D eigenvalue weighted by Crippen LogP contribution is -2.46. The van der Waals surface area contributed by atoms with Gasteiger partial charge in [-0.1, -0.05) is 44.2 Å². The Morgan fingerprint density at radius 3 is 2.54 bits per heavy atom. The third kappa shape index (κ3) is 4.45. The number of carboxylic acids is 1. The molecule has 0 aliphatic carbocycles. The van der Waals surface area contributed by atoms with E-state index in [1.54, 1.807) is 32.1 Å². The summed E-state index contributed by atoms with van der Waals surface area (Å²) in [6, 6.07) is 11.1. The van der Waals surface area contributed by atoms with E-state index in [1.807, 2.05) is 36.4 Å². The molecule has 2 heterocycles. The average Bonchev–Trinajstić information content (AvgIpc) is 3.08. The number of aromatic nitrogens is 2. The summed E-state index contributed by atoms with van der Waals surface area (Å²) in [5.74, 6) is -0.493. The van der Waals surface area contributed by atoms with Crippen molar-refractivity contribution in [2.75, 3.05) is 11.9 Å². The largest absolute Gasteiger partial charge is 0.480 e. The zero-order valence-electron chi connectivity index (χ0n) is 15.9. The fraction of sp³-hybridized carbons (Fsp3) is 0.300. The summed E-state index contributed by atoms with van der Waals surface area (Å²) in [5.41, 5.74) is 1.09. The van der Waals surface area contributed by atoms with Crippen molar-refractivity contribution in [3.63, 3.8) is 0 Å². The monoisotopic (exact) mass is 398 g/mol. The second-order valence-corrected chi connectivity index (χ2v) is 7.83. The molecule has 28 heavy (non-hydrogen) atoms. The third-order valence-electron chi connectivity index (χ3n) is 4.23. The van der Waals surface area contributed by atoms with Crippen molar-refractivity contribution in [3.05, 3.63) is 42.2 Å². The standard InChI is InChI=1S/C20H22N4O3S/c1-11(2)17(20(26)27)24-16(25)10-21-18-14-9-15(13-7-5-4-6-8-13)28-19(14)23-12(3)22-18/h4-9,11,17H,10H2,1-3H3,(H,24,25)(H,26,27)(H,21,22,23)/t17-/m1/s1. The Kier molecular flexibility index (Phi) is 5.89. The van der Waals surface area contributed by atoms with E-state index < -0.39 is 17.9 Å². The summed E-state index contributed by atoms with van der Waals surface area (Å²) >= 11 is 1.56. The molecule has 0 radical (unpaired) electrons. The predicted octanol–water partition coefficient (Wildman–Crippen LogP) is 3.30. The van der Waals surface area contributed by atoms with Gasteiger partial charge in [-0.05, 0) is 24.5 Å². The molecule has 0 saturated heterocycles. The maximum absolute atomic E-state index is 12.2. The minimum atomic E-state index is -1.05. The first-order valence-corrected chi connectivity index (χ1v) is 9.76. The summed E-state index contributed by atoms with van der Waals surface area (Å²) < 4.78 is 0. The van der Waals surface area contributed by atoms with Gasteiger partial charge in [0.25, 0.3) is 0 Å². The van der Waals surface area contributed by atoms with Crippen molar-refractivity contribution < 1.29 is 14.7 Å². The number of nitrogens with zero attached hydrogens (tertiary/aromatic N) is 2. The molecule has 3 rings (SSSR count). The smallest absolute Gasteiger partial charge is 0.326 e. The summed E-state index contributed by atoms with van der Waals surface area (Å²) in [6.07, 6.45) is 0. The Labute approximate surface area is 166 Å². The number of hydrogen-bond donors (Lipinski definition) is 3. The van der Waals surface area contributed by atoms with E-state index >= 15 is 0 Å². The number of rotatable bonds is 7. The second-order valence-electron chi connectivity index (χ2n) is 6.80. The van der Waals surface area contributed by atoms with Crippen molar-refractivity contribution in [1.82, 2.24) is 15.3 Å². The molecule has 0 bridgehead atoms. The lowest BCUT2D eigenvalue weighted by atomic mass is 10.1. The minimum Gasteiger partial charge on any atom is -0.480 e. The molecule has 1 aromatic carbocycles. The number of fused-ring (bicyclic) bond motifs is 1. The van der Waals surface area contributed by atoms with E-state index in [4.69, 9.17) is 0 Å². The number of aryl methyl sites for hydroxylation is 1. The molecular formula is C20H22N4O3S. The number of carbonyl (C=O) groups is 2. The van der Waals surface area contributed by atoms with Crippen molar-refractivity contribution in [3.8, 4) is 10.4 Å². The Morgan fingerprint density at radius 2 is 1.89 bits per heavy atom. The zero-order chi connectivity index (χ0) is 20.3. The van der Waals surface area contributed by atoms with Gasteiger partial charge in [-0.15, -0.1) is 11.3 Å². The van der Waals surface area contributed by atoms with E-state index in [0.717, 1.165) is 20.7 Å². The Balaban J connectivity index is 1.80. The van der Waals surface area contributed by atoms with E-state index in [9.17, 15) is 14.7 Å². The summed E-state index contributed by atoms with van der Waals surface area (Å²) in [7, 11) is 0. The van der Waals surface area contributed by atoms with Crippen LogP contribution < -0.4 is 10.6 Å². The Bertz CT molecular complexity index is 1000. The first-order chi connectivity index (χ1) is 13.3. The number of hydrogen-bond acceptors (Lipinski definition) is 6. The number of benzene rings is 1. The molecule has 0 spiro atoms. The summed E-state index contributed by atoms with van der Waals surface area (Å²) in [6.45, 7) is 5.23. The second kappa shape index (κ2) is 8.35. The molecule has 2 aromatic heterocycles. The fourth-order valence-corrected chi connectivity index (χ4v) is 3.89. The molecule has 0 aliphatic rings. The molecule has 1 atom stereocenters. The van der Waals surface area contributed by atoms with Gasteiger partial charge in [0, 0.05) is 4.88 Å². The highest BCUT2D eigenvalue weighted by molar-refractivity contribution is 7.21. The lowest BCUT2D eigenvalue weighted by Gasteiger charge is -2.18. The van der Waals surface area contributed by atoms with Gasteiger partial charge in [0.2, 0.25) is 5.91 Å². The van der Waals surface area contributed by atoms with E-state index in [2.05, 4.69) is 20.6 Å². The van der Waals surface area contributed by atoms with Crippen LogP contribution in [0.1, 0.15) is 19.7 Å². The van der Waals surface area contributed by atoms with Crippen molar-refractivity contribution in [1.29, 1.82) is 0 Å². The average molecular weight is 398 g/mol. The van der Waals surface area contributed by atoms with Gasteiger partial charge in [0.1, 0.15) is 22.5 Å². The van der Waals surface area contributed by atoms with Crippen LogP contribution in [0.2, 0.25) is 0 Å². The van der Waals surface area contributed by atoms with Gasteiger partial charge >= 0.3 is 5.97 Å². The molecule has 0 saturated carbocycles. The van der Waals surface area contributed by atoms with E-state index in [0.29, 0.717) is 11.6 Å². The van der Waals surface area contributed by atoms with Gasteiger partial charge in [0.15, 0.2) is 0 Å². The highest BCUT2D eigenvalue weighted by atomic mass is 32.1. The molecule has 8 heteroatoms. The Hall–Kier alpha value is -3.00. The number of thiophene rings is 1. The molecule has 3 N–H and O–H groups in total. The molecule has 0 aliphatic heterocycles. The first-order valence-electron chi connectivity index (χ1n) is 8.95. The third-order valence-corrected chi connectivity index (χ3v) is 5.31. The summed E-state index contributed by atoms with van der Waals surface area (Å²) in [4.78, 5) is 34.3. The van der Waals surface area contributed by atoms with Crippen molar-refractivity contribution in [2.24, 2.45) is 5.92 Å². The van der Waals surface area contributed by atoms with Crippen LogP contribution in [0.3, 0.4) is 0 Å². The molecule has 3 aromatic rings. The van der Waals surface area contributed by atoms with Crippen LogP contribution in [0.25, 0.3) is 20.7 Å². The number of aliphatic carboxylic acids is 1. The number of anilines is 1. The number of carbonyl (C=O) groups excluding carboxylic acids is 1. The summed E-state index contributed by atoms with van der Waals surface area (Å²) in [5, 5.41) is 15.6. The molecule has 146 valence electrons. The maximum atomic E-state index is 12.2. The topological polar surface area (TPSA) is 104 Å². The van der Waals surface area contributed by atoms with E-state index in [1.165, 1.54) is 0 Å². The number of carboxylic acid groups (broad SMARTS) is 1. The van der Waals surface area contributed by atoms with Crippen LogP contribution in [0, 0.1) is 12.8 Å². The number of nitrogens with one attached hydrogen (secondary N) is 2. The first kappa shape index (κ1) is 19.8. The Morgan fingerprint density at radius 1 is 1.18 bits per heavy atom. The van der Waals surface area contributed by atoms with Crippen LogP contribution in [-0.2, 0) is 9.59 Å². The lowest BCUT2D eigenvalue weighted by molar-refractivity contribution is -0.142. The zero-order valence-corrected chi connectivity index (χ0v) is 16.7. The molecular weight excluding hydrogens is 376 g/mol. The van der Waals surface area contributed by atoms with Crippen LogP contribution >= 0.6 is 11.3 Å². The van der Waals surface area contributed by atoms with Crippen LogP contribution in [-0.4, -0.2) is 39.5 Å².